The molecule has 162 valence electrons. The summed E-state index contributed by atoms with van der Waals surface area (Å²) in [6.07, 6.45) is 1.24. The third-order valence-corrected chi connectivity index (χ3v) is 6.23. The third-order valence-electron chi connectivity index (χ3n) is 5.94. The number of fused-ring (bicyclic) bond motifs is 1. The molecular weight excluding hydrogens is 423 g/mol. The summed E-state index contributed by atoms with van der Waals surface area (Å²) in [5, 5.41) is 14.7. The van der Waals surface area contributed by atoms with Crippen molar-refractivity contribution in [3.05, 3.63) is 53.1 Å². The number of benzene rings is 2. The number of nitrogens with one attached hydrogen (secondary N) is 1. The average molecular weight is 445 g/mol. The predicted molar refractivity (Wildman–Crippen MR) is 115 cm³/mol. The molecule has 2 N–H and O–H groups in total. The fourth-order valence-corrected chi connectivity index (χ4v) is 4.39. The minimum Gasteiger partial charge on any atom is -0.496 e. The maximum Gasteiger partial charge on any atom is 0.141 e. The molecule has 2 saturated heterocycles. The smallest absolute Gasteiger partial charge is 0.141 e. The summed E-state index contributed by atoms with van der Waals surface area (Å²) in [5.41, 5.74) is 2.38. The number of rotatable bonds is 6. The van der Waals surface area contributed by atoms with Gasteiger partial charge in [-0.3, -0.25) is 4.90 Å². The minimum absolute atomic E-state index is 0.0259. The number of hydrogen-bond donors (Lipinski definition) is 2. The normalized spacial score (nSPS) is 18.5. The van der Waals surface area contributed by atoms with Crippen LogP contribution in [-0.2, 0) is 11.2 Å². The van der Waals surface area contributed by atoms with E-state index in [0.29, 0.717) is 29.2 Å². The molecule has 2 aromatic carbocycles. The molecule has 1 unspecified atom stereocenters. The summed E-state index contributed by atoms with van der Waals surface area (Å²) < 4.78 is 24.4. The zero-order chi connectivity index (χ0) is 21.6. The van der Waals surface area contributed by atoms with E-state index in [4.69, 9.17) is 21.1 Å². The van der Waals surface area contributed by atoms with Gasteiger partial charge in [0.25, 0.3) is 0 Å². The largest absolute Gasteiger partial charge is 0.496 e. The van der Waals surface area contributed by atoms with Gasteiger partial charge in [-0.1, -0.05) is 11.6 Å². The summed E-state index contributed by atoms with van der Waals surface area (Å²) in [7, 11) is 1.60. The monoisotopic (exact) mass is 444 g/mol. The van der Waals surface area contributed by atoms with Crippen LogP contribution in [0.3, 0.4) is 0 Å². The number of hydrogen-bond acceptors (Lipinski definition) is 7. The van der Waals surface area contributed by atoms with Crippen molar-refractivity contribution in [3.8, 4) is 5.75 Å². The van der Waals surface area contributed by atoms with E-state index in [9.17, 15) is 9.50 Å². The van der Waals surface area contributed by atoms with Crippen LogP contribution < -0.4 is 10.1 Å². The van der Waals surface area contributed by atoms with Crippen molar-refractivity contribution >= 4 is 34.0 Å². The van der Waals surface area contributed by atoms with Crippen molar-refractivity contribution in [2.24, 2.45) is 5.41 Å². The molecule has 0 saturated carbocycles. The lowest BCUT2D eigenvalue weighted by Gasteiger charge is -2.56. The fourth-order valence-electron chi connectivity index (χ4n) is 4.21. The number of likely N-dealkylation sites (tertiary alicyclic amines) is 1. The molecule has 9 heteroatoms. The molecule has 1 aromatic heterocycles. The standard InChI is InChI=1S/C22H22ClFN4O3/c1-30-19-7-18-15(4-13(19)5-20(29)28-8-22(9-28)10-31-11-22)21(26-12-25-18)27-14-2-3-17(24)16(23)6-14/h2-4,6-7,12,20,29H,5,8-11H2,1H3,(H,25,26,27). The predicted octanol–water partition coefficient (Wildman–Crippen LogP) is 3.37. The molecule has 2 fully saturated rings. The van der Waals surface area contributed by atoms with Crippen LogP contribution in [0, 0.1) is 11.2 Å². The van der Waals surface area contributed by atoms with Gasteiger partial charge in [-0.15, -0.1) is 0 Å². The molecule has 0 radical (unpaired) electrons. The first-order chi connectivity index (χ1) is 15.0. The van der Waals surface area contributed by atoms with Crippen LogP contribution in [-0.4, -0.2) is 59.6 Å². The Bertz CT molecular complexity index is 1130. The van der Waals surface area contributed by atoms with E-state index < -0.39 is 12.0 Å². The van der Waals surface area contributed by atoms with Gasteiger partial charge in [-0.2, -0.15) is 0 Å². The average Bonchev–Trinajstić information content (AvgIpc) is 2.68. The maximum atomic E-state index is 13.5. The zero-order valence-corrected chi connectivity index (χ0v) is 17.7. The highest BCUT2D eigenvalue weighted by Gasteiger charge is 2.50. The molecule has 3 heterocycles. The van der Waals surface area contributed by atoms with Gasteiger partial charge in [0.1, 0.15) is 29.9 Å². The first-order valence-electron chi connectivity index (χ1n) is 10.00. The molecular formula is C22H22ClFN4O3. The number of methoxy groups -OCH3 is 1. The van der Waals surface area contributed by atoms with Gasteiger partial charge in [0.05, 0.1) is 30.9 Å². The SMILES string of the molecule is COc1cc2ncnc(Nc3ccc(F)c(Cl)c3)c2cc1CC(O)N1CC2(COC2)C1. The highest BCUT2D eigenvalue weighted by atomic mass is 35.5. The second-order valence-electron chi connectivity index (χ2n) is 8.24. The lowest BCUT2D eigenvalue weighted by atomic mass is 9.77. The Morgan fingerprint density at radius 1 is 1.29 bits per heavy atom. The van der Waals surface area contributed by atoms with Crippen LogP contribution >= 0.6 is 11.6 Å². The summed E-state index contributed by atoms with van der Waals surface area (Å²) in [5.74, 6) is 0.728. The van der Waals surface area contributed by atoms with Gasteiger partial charge in [-0.05, 0) is 29.8 Å². The van der Waals surface area contributed by atoms with Crippen LogP contribution in [0.15, 0.2) is 36.7 Å². The summed E-state index contributed by atoms with van der Waals surface area (Å²) in [6, 6.07) is 8.15. The van der Waals surface area contributed by atoms with Gasteiger partial charge in [0.15, 0.2) is 0 Å². The topological polar surface area (TPSA) is 79.7 Å². The first-order valence-corrected chi connectivity index (χ1v) is 10.4. The van der Waals surface area contributed by atoms with Gasteiger partial charge in [-0.25, -0.2) is 14.4 Å². The molecule has 5 rings (SSSR count). The van der Waals surface area contributed by atoms with Gasteiger partial charge in [0.2, 0.25) is 0 Å². The number of halogens is 2. The summed E-state index contributed by atoms with van der Waals surface area (Å²) in [6.45, 7) is 3.22. The number of anilines is 2. The van der Waals surface area contributed by atoms with Crippen LogP contribution in [0.1, 0.15) is 5.56 Å². The van der Waals surface area contributed by atoms with Crippen molar-refractivity contribution in [1.29, 1.82) is 0 Å². The first kappa shape index (κ1) is 20.4. The summed E-state index contributed by atoms with van der Waals surface area (Å²) >= 11 is 5.90. The highest BCUT2D eigenvalue weighted by Crippen LogP contribution is 2.39. The molecule has 0 bridgehead atoms. The number of ether oxygens (including phenoxy) is 2. The lowest BCUT2D eigenvalue weighted by Crippen LogP contribution is -2.68. The molecule has 0 aliphatic carbocycles. The van der Waals surface area contributed by atoms with Gasteiger partial charge >= 0.3 is 0 Å². The number of aliphatic hydroxyl groups is 1. The Kier molecular flexibility index (Phi) is 5.18. The Morgan fingerprint density at radius 2 is 2.10 bits per heavy atom. The van der Waals surface area contributed by atoms with Crippen molar-refractivity contribution in [3.63, 3.8) is 0 Å². The molecule has 2 aliphatic rings. The number of nitrogens with zero attached hydrogens (tertiary/aromatic N) is 3. The van der Waals surface area contributed by atoms with Crippen LogP contribution in [0.5, 0.6) is 5.75 Å². The van der Waals surface area contributed by atoms with E-state index in [1.54, 1.807) is 13.2 Å². The number of aliphatic hydroxyl groups excluding tert-OH is 1. The molecule has 2 aliphatic heterocycles. The van der Waals surface area contributed by atoms with Crippen LogP contribution in [0.2, 0.25) is 5.02 Å². The Labute approximate surface area is 183 Å². The zero-order valence-electron chi connectivity index (χ0n) is 16.9. The third kappa shape index (κ3) is 3.80. The summed E-state index contributed by atoms with van der Waals surface area (Å²) in [4.78, 5) is 10.7. The Balaban J connectivity index is 1.42. The molecule has 1 atom stereocenters. The molecule has 0 amide bonds. The van der Waals surface area contributed by atoms with E-state index >= 15 is 0 Å². The highest BCUT2D eigenvalue weighted by molar-refractivity contribution is 6.31. The fraction of sp³-hybridized carbons (Fsp3) is 0.364. The Morgan fingerprint density at radius 3 is 2.77 bits per heavy atom. The van der Waals surface area contributed by atoms with E-state index in [1.165, 1.54) is 18.5 Å². The quantitative estimate of drug-likeness (QED) is 0.603. The molecule has 7 nitrogen and oxygen atoms in total. The molecule has 3 aromatic rings. The van der Waals surface area contributed by atoms with E-state index in [0.717, 1.165) is 37.3 Å². The van der Waals surface area contributed by atoms with Crippen LogP contribution in [0.25, 0.3) is 10.9 Å². The van der Waals surface area contributed by atoms with Crippen molar-refractivity contribution in [1.82, 2.24) is 14.9 Å². The van der Waals surface area contributed by atoms with Crippen molar-refractivity contribution in [2.75, 3.05) is 38.7 Å². The van der Waals surface area contributed by atoms with E-state index in [-0.39, 0.29) is 10.4 Å². The van der Waals surface area contributed by atoms with Crippen molar-refractivity contribution in [2.45, 2.75) is 12.6 Å². The lowest BCUT2D eigenvalue weighted by molar-refractivity contribution is -0.220. The van der Waals surface area contributed by atoms with Gasteiger partial charge in [0, 0.05) is 42.1 Å². The van der Waals surface area contributed by atoms with E-state index in [1.807, 2.05) is 17.0 Å². The second-order valence-corrected chi connectivity index (χ2v) is 8.65. The van der Waals surface area contributed by atoms with E-state index in [2.05, 4.69) is 15.3 Å². The molecule has 31 heavy (non-hydrogen) atoms. The van der Waals surface area contributed by atoms with Gasteiger partial charge < -0.3 is 19.9 Å². The Hall–Kier alpha value is -2.52. The maximum absolute atomic E-state index is 13.5. The van der Waals surface area contributed by atoms with Crippen LogP contribution in [0.4, 0.5) is 15.9 Å². The molecule has 1 spiro atoms. The number of aromatic nitrogens is 2. The second kappa shape index (κ2) is 7.87. The van der Waals surface area contributed by atoms with Crippen molar-refractivity contribution < 1.29 is 19.0 Å². The minimum atomic E-state index is -0.616.